The Labute approximate surface area is 63.7 Å². The first kappa shape index (κ1) is 6.37. The number of aliphatic hydroxyl groups is 2. The standard InChI is InChI=1S/C7H10O4/c8-4-3-1-2-5(10-3)6(4)11-7(2)9/h2-9H,1H2. The first-order valence-corrected chi connectivity index (χ1v) is 3.94. The summed E-state index contributed by atoms with van der Waals surface area (Å²) in [5, 5.41) is 18.8. The highest BCUT2D eigenvalue weighted by Gasteiger charge is 2.61. The molecule has 0 aromatic heterocycles. The highest BCUT2D eigenvalue weighted by atomic mass is 16.7. The van der Waals surface area contributed by atoms with Crippen molar-refractivity contribution in [1.29, 1.82) is 0 Å². The van der Waals surface area contributed by atoms with Crippen LogP contribution in [0.1, 0.15) is 6.42 Å². The molecule has 3 aliphatic rings. The topological polar surface area (TPSA) is 58.9 Å². The first-order valence-electron chi connectivity index (χ1n) is 3.94. The minimum Gasteiger partial charge on any atom is -0.388 e. The first-order chi connectivity index (χ1) is 5.27. The molecule has 3 aliphatic heterocycles. The molecule has 0 aromatic carbocycles. The van der Waals surface area contributed by atoms with E-state index in [2.05, 4.69) is 0 Å². The van der Waals surface area contributed by atoms with E-state index in [0.717, 1.165) is 6.42 Å². The number of hydrogen-bond acceptors (Lipinski definition) is 4. The van der Waals surface area contributed by atoms with E-state index in [0.29, 0.717) is 0 Å². The fraction of sp³-hybridized carbons (Fsp3) is 1.00. The number of aliphatic hydroxyl groups excluding tert-OH is 2. The van der Waals surface area contributed by atoms with Crippen LogP contribution in [0.15, 0.2) is 0 Å². The van der Waals surface area contributed by atoms with Crippen LogP contribution in [-0.2, 0) is 9.47 Å². The molecular weight excluding hydrogens is 148 g/mol. The average molecular weight is 158 g/mol. The van der Waals surface area contributed by atoms with Gasteiger partial charge in [0.15, 0.2) is 6.29 Å². The Bertz CT molecular complexity index is 195. The zero-order valence-electron chi connectivity index (χ0n) is 5.88. The molecule has 3 rings (SSSR count). The third-order valence-corrected chi connectivity index (χ3v) is 2.96. The molecule has 0 aliphatic carbocycles. The molecule has 4 heteroatoms. The number of fused-ring (bicyclic) bond motifs is 1. The lowest BCUT2D eigenvalue weighted by molar-refractivity contribution is -0.119. The second-order valence-corrected chi connectivity index (χ2v) is 3.52. The summed E-state index contributed by atoms with van der Waals surface area (Å²) in [6.45, 7) is 0. The Balaban J connectivity index is 1.98. The van der Waals surface area contributed by atoms with E-state index in [-0.39, 0.29) is 24.2 Å². The van der Waals surface area contributed by atoms with Crippen LogP contribution < -0.4 is 0 Å². The summed E-state index contributed by atoms with van der Waals surface area (Å²) in [7, 11) is 0. The molecule has 2 bridgehead atoms. The molecule has 3 saturated heterocycles. The van der Waals surface area contributed by atoms with Gasteiger partial charge in [0, 0.05) is 5.92 Å². The number of ether oxygens (including phenoxy) is 2. The Hall–Kier alpha value is -0.160. The molecule has 0 radical (unpaired) electrons. The molecule has 6 unspecified atom stereocenters. The van der Waals surface area contributed by atoms with Crippen molar-refractivity contribution in [2.45, 2.75) is 37.1 Å². The van der Waals surface area contributed by atoms with E-state index in [1.807, 2.05) is 0 Å². The predicted octanol–water partition coefficient (Wildman–Crippen LogP) is -1.15. The fourth-order valence-corrected chi connectivity index (χ4v) is 2.41. The lowest BCUT2D eigenvalue weighted by Gasteiger charge is -2.16. The second-order valence-electron chi connectivity index (χ2n) is 3.52. The highest BCUT2D eigenvalue weighted by Crippen LogP contribution is 2.47. The van der Waals surface area contributed by atoms with Crippen molar-refractivity contribution >= 4 is 0 Å². The van der Waals surface area contributed by atoms with Crippen LogP contribution in [0, 0.1) is 5.92 Å². The monoisotopic (exact) mass is 158 g/mol. The maximum absolute atomic E-state index is 9.46. The summed E-state index contributed by atoms with van der Waals surface area (Å²) < 4.78 is 10.5. The van der Waals surface area contributed by atoms with Gasteiger partial charge in [0.25, 0.3) is 0 Å². The Kier molecular flexibility index (Phi) is 1.02. The molecule has 4 nitrogen and oxygen atoms in total. The van der Waals surface area contributed by atoms with E-state index in [9.17, 15) is 10.2 Å². The van der Waals surface area contributed by atoms with Crippen molar-refractivity contribution in [3.05, 3.63) is 0 Å². The smallest absolute Gasteiger partial charge is 0.160 e. The summed E-state index contributed by atoms with van der Waals surface area (Å²) in [5.41, 5.74) is 0. The molecule has 11 heavy (non-hydrogen) atoms. The van der Waals surface area contributed by atoms with Gasteiger partial charge < -0.3 is 19.7 Å². The molecule has 0 aromatic rings. The van der Waals surface area contributed by atoms with Crippen molar-refractivity contribution in [2.75, 3.05) is 0 Å². The normalized spacial score (nSPS) is 66.0. The second kappa shape index (κ2) is 1.77. The van der Waals surface area contributed by atoms with Crippen molar-refractivity contribution in [3.63, 3.8) is 0 Å². The Morgan fingerprint density at radius 3 is 2.55 bits per heavy atom. The van der Waals surface area contributed by atoms with Crippen molar-refractivity contribution in [2.24, 2.45) is 5.92 Å². The SMILES string of the molecule is OC1OC2C(O)C3CC1C2O3. The van der Waals surface area contributed by atoms with E-state index in [1.165, 1.54) is 0 Å². The summed E-state index contributed by atoms with van der Waals surface area (Å²) in [6.07, 6.45) is -0.907. The van der Waals surface area contributed by atoms with Crippen LogP contribution >= 0.6 is 0 Å². The van der Waals surface area contributed by atoms with Crippen LogP contribution in [0.25, 0.3) is 0 Å². The molecule has 3 fully saturated rings. The van der Waals surface area contributed by atoms with Gasteiger partial charge in [-0.1, -0.05) is 0 Å². The lowest BCUT2D eigenvalue weighted by atomic mass is 9.88. The van der Waals surface area contributed by atoms with Crippen LogP contribution in [0.5, 0.6) is 0 Å². The van der Waals surface area contributed by atoms with Gasteiger partial charge in [-0.2, -0.15) is 0 Å². The van der Waals surface area contributed by atoms with E-state index < -0.39 is 12.4 Å². The quantitative estimate of drug-likeness (QED) is 0.467. The summed E-state index contributed by atoms with van der Waals surface area (Å²) in [5.74, 6) is 0.105. The Morgan fingerprint density at radius 1 is 1.09 bits per heavy atom. The molecule has 0 amide bonds. The van der Waals surface area contributed by atoms with Gasteiger partial charge in [-0.05, 0) is 6.42 Å². The van der Waals surface area contributed by atoms with Gasteiger partial charge in [0.1, 0.15) is 12.2 Å². The van der Waals surface area contributed by atoms with Gasteiger partial charge in [0.05, 0.1) is 12.2 Å². The summed E-state index contributed by atoms with van der Waals surface area (Å²) >= 11 is 0. The predicted molar refractivity (Wildman–Crippen MR) is 33.7 cm³/mol. The maximum Gasteiger partial charge on any atom is 0.160 e. The minimum absolute atomic E-state index is 0.0509. The minimum atomic E-state index is -0.716. The zero-order chi connectivity index (χ0) is 7.59. The highest BCUT2D eigenvalue weighted by molar-refractivity contribution is 5.07. The molecule has 0 saturated carbocycles. The van der Waals surface area contributed by atoms with Gasteiger partial charge in [-0.15, -0.1) is 0 Å². The van der Waals surface area contributed by atoms with Crippen LogP contribution in [0.4, 0.5) is 0 Å². The van der Waals surface area contributed by atoms with E-state index in [4.69, 9.17) is 9.47 Å². The molecule has 6 atom stereocenters. The van der Waals surface area contributed by atoms with Crippen molar-refractivity contribution < 1.29 is 19.7 Å². The molecule has 0 spiro atoms. The molecule has 3 heterocycles. The van der Waals surface area contributed by atoms with Gasteiger partial charge >= 0.3 is 0 Å². The maximum atomic E-state index is 9.46. The van der Waals surface area contributed by atoms with Crippen LogP contribution in [0.2, 0.25) is 0 Å². The number of rotatable bonds is 0. The zero-order valence-corrected chi connectivity index (χ0v) is 5.88. The van der Waals surface area contributed by atoms with Crippen LogP contribution in [0.3, 0.4) is 0 Å². The largest absolute Gasteiger partial charge is 0.388 e. The summed E-state index contributed by atoms with van der Waals surface area (Å²) in [4.78, 5) is 0. The van der Waals surface area contributed by atoms with E-state index >= 15 is 0 Å². The fourth-order valence-electron chi connectivity index (χ4n) is 2.41. The van der Waals surface area contributed by atoms with Crippen LogP contribution in [-0.4, -0.2) is 40.9 Å². The number of hydrogen-bond donors (Lipinski definition) is 2. The molecule has 62 valence electrons. The third kappa shape index (κ3) is 0.597. The van der Waals surface area contributed by atoms with Crippen molar-refractivity contribution in [3.8, 4) is 0 Å². The van der Waals surface area contributed by atoms with E-state index in [1.54, 1.807) is 0 Å². The molecule has 2 N–H and O–H groups in total. The third-order valence-electron chi connectivity index (χ3n) is 2.96. The summed E-state index contributed by atoms with van der Waals surface area (Å²) in [6, 6.07) is 0. The van der Waals surface area contributed by atoms with Crippen molar-refractivity contribution in [1.82, 2.24) is 0 Å². The van der Waals surface area contributed by atoms with Gasteiger partial charge in [-0.25, -0.2) is 0 Å². The van der Waals surface area contributed by atoms with Gasteiger partial charge in [0.2, 0.25) is 0 Å². The average Bonchev–Trinajstić information content (AvgIpc) is 2.53. The Morgan fingerprint density at radius 2 is 1.91 bits per heavy atom. The van der Waals surface area contributed by atoms with Gasteiger partial charge in [-0.3, -0.25) is 0 Å². The molecular formula is C7H10O4. The lowest BCUT2D eigenvalue weighted by Crippen LogP contribution is -2.36.